The quantitative estimate of drug-likeness (QED) is 0.208. The highest BCUT2D eigenvalue weighted by atomic mass is 19.1. The minimum Gasteiger partial charge on any atom is -0.464 e. The average Bonchev–Trinajstić information content (AvgIpc) is 2.77. The summed E-state index contributed by atoms with van der Waals surface area (Å²) >= 11 is 0. The first kappa shape index (κ1) is 30.8. The fraction of sp³-hybridized carbons (Fsp3) is 0.692. The van der Waals surface area contributed by atoms with Crippen LogP contribution in [0.4, 0.5) is 20.6 Å². The van der Waals surface area contributed by atoms with E-state index in [0.29, 0.717) is 31.1 Å². The summed E-state index contributed by atoms with van der Waals surface area (Å²) in [5, 5.41) is 17.4. The Balaban J connectivity index is 1.99. The Hall–Kier alpha value is -2.47. The fourth-order valence-electron chi connectivity index (χ4n) is 3.80. The van der Waals surface area contributed by atoms with Crippen LogP contribution in [0.15, 0.2) is 18.2 Å². The highest BCUT2D eigenvalue weighted by molar-refractivity contribution is 5.92. The number of nitrogens with one attached hydrogen (secondary N) is 3. The van der Waals surface area contributed by atoms with Crippen molar-refractivity contribution in [2.75, 3.05) is 43.4 Å². The number of hydrogen-bond donors (Lipinski definition) is 4. The molecule has 1 aliphatic rings. The standard InChI is InChI=1S/C26H44FN5O5/c1-8-32(30-24(35)37-26(5,6)7)23(34)29-20-12-11-18(27)16-21(20)28-19-10-9-13-31(17-19)14-15-36-22(33)25(2,3)4/h11-12,16,19,24,28,30,35H,8-10,13-15,17H2,1-7H3,(H,29,34)/t19-,24?/m1/s1. The highest BCUT2D eigenvalue weighted by Gasteiger charge is 2.25. The highest BCUT2D eigenvalue weighted by Crippen LogP contribution is 2.26. The van der Waals surface area contributed by atoms with Crippen molar-refractivity contribution < 1.29 is 28.6 Å². The maximum atomic E-state index is 14.1. The van der Waals surface area contributed by atoms with E-state index in [9.17, 15) is 19.1 Å². The van der Waals surface area contributed by atoms with Crippen LogP contribution in [0.5, 0.6) is 0 Å². The largest absolute Gasteiger partial charge is 0.464 e. The fourth-order valence-corrected chi connectivity index (χ4v) is 3.80. The van der Waals surface area contributed by atoms with Gasteiger partial charge in [-0.25, -0.2) is 9.18 Å². The number of benzene rings is 1. The predicted octanol–water partition coefficient (Wildman–Crippen LogP) is 3.74. The van der Waals surface area contributed by atoms with Crippen LogP contribution in [0.25, 0.3) is 0 Å². The molecule has 2 atom stereocenters. The lowest BCUT2D eigenvalue weighted by Gasteiger charge is -2.34. The van der Waals surface area contributed by atoms with Gasteiger partial charge in [-0.15, -0.1) is 0 Å². The summed E-state index contributed by atoms with van der Waals surface area (Å²) in [6.07, 6.45) is 0.426. The number of aliphatic hydroxyl groups excluding tert-OH is 1. The third kappa shape index (κ3) is 10.8. The van der Waals surface area contributed by atoms with E-state index < -0.39 is 29.3 Å². The molecule has 1 heterocycles. The maximum absolute atomic E-state index is 14.1. The minimum absolute atomic E-state index is 0.0203. The molecular weight excluding hydrogens is 481 g/mol. The Kier molecular flexibility index (Phi) is 11.1. The van der Waals surface area contributed by atoms with Crippen LogP contribution in [0.1, 0.15) is 61.3 Å². The van der Waals surface area contributed by atoms with Crippen molar-refractivity contribution >= 4 is 23.4 Å². The van der Waals surface area contributed by atoms with Gasteiger partial charge in [-0.1, -0.05) is 0 Å². The van der Waals surface area contributed by atoms with E-state index in [4.69, 9.17) is 9.47 Å². The molecule has 10 nitrogen and oxygen atoms in total. The Labute approximate surface area is 219 Å². The van der Waals surface area contributed by atoms with Crippen molar-refractivity contribution in [2.24, 2.45) is 5.41 Å². The number of hydrogen-bond acceptors (Lipinski definition) is 8. The van der Waals surface area contributed by atoms with Gasteiger partial charge in [-0.2, -0.15) is 5.43 Å². The number of anilines is 2. The maximum Gasteiger partial charge on any atom is 0.336 e. The molecule has 0 saturated carbocycles. The van der Waals surface area contributed by atoms with Crippen LogP contribution in [0, 0.1) is 11.2 Å². The number of esters is 1. The lowest BCUT2D eigenvalue weighted by molar-refractivity contribution is -0.200. The molecule has 2 amide bonds. The molecule has 1 fully saturated rings. The Morgan fingerprint density at radius 3 is 2.54 bits per heavy atom. The number of ether oxygens (including phenoxy) is 2. The van der Waals surface area contributed by atoms with Gasteiger partial charge in [0.25, 0.3) is 0 Å². The van der Waals surface area contributed by atoms with Gasteiger partial charge in [0.1, 0.15) is 12.4 Å². The third-order valence-electron chi connectivity index (χ3n) is 5.63. The van der Waals surface area contributed by atoms with Gasteiger partial charge in [0.15, 0.2) is 0 Å². The molecule has 1 aromatic rings. The van der Waals surface area contributed by atoms with Crippen LogP contribution in [0.3, 0.4) is 0 Å². The third-order valence-corrected chi connectivity index (χ3v) is 5.63. The van der Waals surface area contributed by atoms with E-state index in [1.807, 2.05) is 20.8 Å². The van der Waals surface area contributed by atoms with E-state index >= 15 is 0 Å². The van der Waals surface area contributed by atoms with Crippen molar-refractivity contribution in [1.29, 1.82) is 0 Å². The molecule has 0 aliphatic carbocycles. The number of carbonyl (C=O) groups is 2. The van der Waals surface area contributed by atoms with Crippen LogP contribution in [-0.4, -0.2) is 77.9 Å². The summed E-state index contributed by atoms with van der Waals surface area (Å²) < 4.78 is 24.9. The Morgan fingerprint density at radius 2 is 1.92 bits per heavy atom. The molecule has 0 radical (unpaired) electrons. The van der Waals surface area contributed by atoms with Gasteiger partial charge in [-0.3, -0.25) is 14.7 Å². The summed E-state index contributed by atoms with van der Waals surface area (Å²) in [7, 11) is 0. The van der Waals surface area contributed by atoms with Crippen molar-refractivity contribution in [3.63, 3.8) is 0 Å². The zero-order chi connectivity index (χ0) is 27.8. The molecule has 1 aromatic carbocycles. The first-order valence-corrected chi connectivity index (χ1v) is 12.8. The van der Waals surface area contributed by atoms with Gasteiger partial charge in [0.05, 0.1) is 22.4 Å². The molecule has 11 heteroatoms. The van der Waals surface area contributed by atoms with Crippen LogP contribution in [-0.2, 0) is 14.3 Å². The first-order valence-electron chi connectivity index (χ1n) is 12.8. The molecule has 37 heavy (non-hydrogen) atoms. The average molecular weight is 526 g/mol. The van der Waals surface area contributed by atoms with Gasteiger partial charge >= 0.3 is 12.0 Å². The molecule has 0 spiro atoms. The van der Waals surface area contributed by atoms with Crippen molar-refractivity contribution in [3.8, 4) is 0 Å². The number of piperidine rings is 1. The molecule has 2 rings (SSSR count). The van der Waals surface area contributed by atoms with E-state index in [1.165, 1.54) is 23.2 Å². The number of hydrazine groups is 1. The normalized spacial score (nSPS) is 17.7. The monoisotopic (exact) mass is 525 g/mol. The first-order chi connectivity index (χ1) is 17.2. The minimum atomic E-state index is -1.38. The summed E-state index contributed by atoms with van der Waals surface area (Å²) in [6, 6.07) is 3.62. The van der Waals surface area contributed by atoms with Crippen LogP contribution < -0.4 is 16.1 Å². The second-order valence-corrected chi connectivity index (χ2v) is 11.2. The summed E-state index contributed by atoms with van der Waals surface area (Å²) in [5.74, 6) is -0.658. The van der Waals surface area contributed by atoms with Gasteiger partial charge < -0.3 is 25.2 Å². The predicted molar refractivity (Wildman–Crippen MR) is 141 cm³/mol. The van der Waals surface area contributed by atoms with Gasteiger partial charge in [-0.05, 0) is 86.1 Å². The van der Waals surface area contributed by atoms with Crippen LogP contribution >= 0.6 is 0 Å². The van der Waals surface area contributed by atoms with Gasteiger partial charge in [0.2, 0.25) is 6.41 Å². The number of urea groups is 1. The number of aliphatic hydroxyl groups is 1. The second-order valence-electron chi connectivity index (χ2n) is 11.2. The van der Waals surface area contributed by atoms with Crippen molar-refractivity contribution in [3.05, 3.63) is 24.0 Å². The summed E-state index contributed by atoms with van der Waals surface area (Å²) in [6.45, 7) is 15.3. The molecule has 0 aromatic heterocycles. The van der Waals surface area contributed by atoms with E-state index in [1.54, 1.807) is 27.7 Å². The van der Waals surface area contributed by atoms with Gasteiger partial charge in [0, 0.05) is 25.7 Å². The van der Waals surface area contributed by atoms with Crippen molar-refractivity contribution in [1.82, 2.24) is 15.3 Å². The number of likely N-dealkylation sites (tertiary alicyclic amines) is 1. The zero-order valence-corrected chi connectivity index (χ0v) is 23.2. The van der Waals surface area contributed by atoms with E-state index in [0.717, 1.165) is 19.4 Å². The molecule has 1 saturated heterocycles. The number of amides is 2. The smallest absolute Gasteiger partial charge is 0.336 e. The molecule has 0 bridgehead atoms. The number of halogens is 1. The molecule has 4 N–H and O–H groups in total. The van der Waals surface area contributed by atoms with E-state index in [-0.39, 0.29) is 18.6 Å². The SMILES string of the molecule is CCN(NC(O)OC(C)(C)C)C(=O)Nc1ccc(F)cc1N[C@@H]1CCCN(CCOC(=O)C(C)(C)C)C1. The van der Waals surface area contributed by atoms with E-state index in [2.05, 4.69) is 21.0 Å². The second kappa shape index (κ2) is 13.4. The lowest BCUT2D eigenvalue weighted by Crippen LogP contribution is -2.52. The summed E-state index contributed by atoms with van der Waals surface area (Å²) in [4.78, 5) is 27.1. The molecule has 1 aliphatic heterocycles. The van der Waals surface area contributed by atoms with Crippen molar-refractivity contribution in [2.45, 2.75) is 79.4 Å². The topological polar surface area (TPSA) is 115 Å². The molecule has 1 unspecified atom stereocenters. The Bertz CT molecular complexity index is 902. The number of carbonyl (C=O) groups excluding carboxylic acids is 2. The summed E-state index contributed by atoms with van der Waals surface area (Å²) in [5.41, 5.74) is 2.34. The Morgan fingerprint density at radius 1 is 1.22 bits per heavy atom. The molecular formula is C26H44FN5O5. The van der Waals surface area contributed by atoms with Crippen LogP contribution in [0.2, 0.25) is 0 Å². The number of rotatable bonds is 10. The molecule has 210 valence electrons. The number of nitrogens with zero attached hydrogens (tertiary/aromatic N) is 2. The zero-order valence-electron chi connectivity index (χ0n) is 23.2. The lowest BCUT2D eigenvalue weighted by atomic mass is 9.97.